The highest BCUT2D eigenvalue weighted by Gasteiger charge is 2.28. The number of nitrogens with zero attached hydrogens (tertiary/aromatic N) is 5. The first-order valence-electron chi connectivity index (χ1n) is 8.79. The van der Waals surface area contributed by atoms with Crippen LogP contribution in [0.2, 0.25) is 0 Å². The van der Waals surface area contributed by atoms with E-state index in [-0.39, 0.29) is 11.8 Å². The summed E-state index contributed by atoms with van der Waals surface area (Å²) in [7, 11) is 1.95. The lowest BCUT2D eigenvalue weighted by molar-refractivity contribution is 0.0703. The lowest BCUT2D eigenvalue weighted by atomic mass is 9.96. The van der Waals surface area contributed by atoms with Gasteiger partial charge in [0.15, 0.2) is 0 Å². The molecular formula is C19H21N5O2. The summed E-state index contributed by atoms with van der Waals surface area (Å²) in [5.41, 5.74) is 2.37. The number of amides is 1. The standard InChI is InChI=1S/C19H21N5O2/c1-13-15(5-3-9-20-13)19(25)24-11-7-14(8-12-24)18-21-17(22-26-18)16-6-4-10-23(16)2/h3-6,9-10,14H,7-8,11-12H2,1-2H3. The average molecular weight is 351 g/mol. The number of hydrogen-bond acceptors (Lipinski definition) is 5. The molecule has 3 aromatic rings. The largest absolute Gasteiger partial charge is 0.348 e. The predicted molar refractivity (Wildman–Crippen MR) is 95.6 cm³/mol. The molecule has 1 aliphatic rings. The quantitative estimate of drug-likeness (QED) is 0.725. The average Bonchev–Trinajstić information content (AvgIpc) is 3.30. The number of piperidine rings is 1. The van der Waals surface area contributed by atoms with Gasteiger partial charge >= 0.3 is 0 Å². The van der Waals surface area contributed by atoms with Crippen molar-refractivity contribution in [2.75, 3.05) is 13.1 Å². The van der Waals surface area contributed by atoms with E-state index in [1.165, 1.54) is 0 Å². The Balaban J connectivity index is 1.43. The van der Waals surface area contributed by atoms with Crippen LogP contribution in [0.4, 0.5) is 0 Å². The molecule has 134 valence electrons. The Labute approximate surface area is 151 Å². The van der Waals surface area contributed by atoms with Gasteiger partial charge in [-0.3, -0.25) is 9.78 Å². The highest BCUT2D eigenvalue weighted by molar-refractivity contribution is 5.95. The van der Waals surface area contributed by atoms with E-state index in [0.717, 1.165) is 24.2 Å². The Morgan fingerprint density at radius 3 is 2.73 bits per heavy atom. The molecule has 0 saturated carbocycles. The fraction of sp³-hybridized carbons (Fsp3) is 0.368. The molecule has 26 heavy (non-hydrogen) atoms. The van der Waals surface area contributed by atoms with E-state index in [4.69, 9.17) is 4.52 Å². The van der Waals surface area contributed by atoms with E-state index in [1.807, 2.05) is 47.8 Å². The maximum atomic E-state index is 12.7. The summed E-state index contributed by atoms with van der Waals surface area (Å²) in [5, 5.41) is 4.11. The van der Waals surface area contributed by atoms with Crippen LogP contribution in [0.3, 0.4) is 0 Å². The number of pyridine rings is 1. The van der Waals surface area contributed by atoms with Crippen molar-refractivity contribution >= 4 is 5.91 Å². The smallest absolute Gasteiger partial charge is 0.255 e. The van der Waals surface area contributed by atoms with Crippen LogP contribution in [-0.2, 0) is 7.05 Å². The van der Waals surface area contributed by atoms with Crippen LogP contribution in [0.15, 0.2) is 41.2 Å². The lowest BCUT2D eigenvalue weighted by Crippen LogP contribution is -2.38. The first kappa shape index (κ1) is 16.5. The molecule has 4 heterocycles. The zero-order valence-electron chi connectivity index (χ0n) is 14.9. The molecule has 0 unspecified atom stereocenters. The van der Waals surface area contributed by atoms with E-state index in [2.05, 4.69) is 15.1 Å². The van der Waals surface area contributed by atoms with Crippen molar-refractivity contribution in [2.45, 2.75) is 25.7 Å². The Morgan fingerprint density at radius 1 is 1.23 bits per heavy atom. The fourth-order valence-electron chi connectivity index (χ4n) is 3.41. The second kappa shape index (κ2) is 6.74. The molecule has 1 saturated heterocycles. The molecule has 0 aliphatic carbocycles. The molecule has 1 amide bonds. The number of carbonyl (C=O) groups is 1. The van der Waals surface area contributed by atoms with E-state index < -0.39 is 0 Å². The lowest BCUT2D eigenvalue weighted by Gasteiger charge is -2.30. The van der Waals surface area contributed by atoms with Crippen molar-refractivity contribution < 1.29 is 9.32 Å². The SMILES string of the molecule is Cc1ncccc1C(=O)N1CCC(c2nc(-c3cccn3C)no2)CC1. The van der Waals surface area contributed by atoms with E-state index in [1.54, 1.807) is 12.3 Å². The summed E-state index contributed by atoms with van der Waals surface area (Å²) < 4.78 is 7.46. The molecule has 0 atom stereocenters. The molecule has 3 aromatic heterocycles. The van der Waals surface area contributed by atoms with Crippen LogP contribution >= 0.6 is 0 Å². The fourth-order valence-corrected chi connectivity index (χ4v) is 3.41. The van der Waals surface area contributed by atoms with Crippen molar-refractivity contribution in [1.29, 1.82) is 0 Å². The van der Waals surface area contributed by atoms with E-state index >= 15 is 0 Å². The van der Waals surface area contributed by atoms with Gasteiger partial charge in [-0.25, -0.2) is 0 Å². The molecule has 0 radical (unpaired) electrons. The van der Waals surface area contributed by atoms with Crippen molar-refractivity contribution in [3.8, 4) is 11.5 Å². The number of likely N-dealkylation sites (tertiary alicyclic amines) is 1. The molecule has 1 fully saturated rings. The number of carbonyl (C=O) groups excluding carboxylic acids is 1. The zero-order valence-corrected chi connectivity index (χ0v) is 14.9. The Morgan fingerprint density at radius 2 is 2.04 bits per heavy atom. The van der Waals surface area contributed by atoms with Gasteiger partial charge in [-0.1, -0.05) is 5.16 Å². The number of aromatic nitrogens is 4. The minimum absolute atomic E-state index is 0.0454. The van der Waals surface area contributed by atoms with Crippen molar-refractivity contribution in [3.05, 3.63) is 53.8 Å². The monoisotopic (exact) mass is 351 g/mol. The van der Waals surface area contributed by atoms with Crippen LogP contribution in [0.25, 0.3) is 11.5 Å². The van der Waals surface area contributed by atoms with Crippen LogP contribution in [-0.4, -0.2) is 43.6 Å². The van der Waals surface area contributed by atoms with Crippen LogP contribution in [0.1, 0.15) is 40.7 Å². The van der Waals surface area contributed by atoms with Gasteiger partial charge in [0.05, 0.1) is 11.3 Å². The van der Waals surface area contributed by atoms with Crippen LogP contribution in [0, 0.1) is 6.92 Å². The van der Waals surface area contributed by atoms with Crippen LogP contribution in [0.5, 0.6) is 0 Å². The Kier molecular flexibility index (Phi) is 4.28. The van der Waals surface area contributed by atoms with Gasteiger partial charge in [-0.15, -0.1) is 0 Å². The number of hydrogen-bond donors (Lipinski definition) is 0. The summed E-state index contributed by atoms with van der Waals surface area (Å²) >= 11 is 0. The molecule has 0 N–H and O–H groups in total. The molecule has 0 aromatic carbocycles. The van der Waals surface area contributed by atoms with Gasteiger partial charge in [0.2, 0.25) is 11.7 Å². The molecule has 7 heteroatoms. The Bertz CT molecular complexity index is 921. The minimum Gasteiger partial charge on any atom is -0.348 e. The van der Waals surface area contributed by atoms with Gasteiger partial charge in [0.25, 0.3) is 5.91 Å². The number of aryl methyl sites for hydroxylation is 2. The molecule has 4 rings (SSSR count). The normalized spacial score (nSPS) is 15.4. The molecule has 1 aliphatic heterocycles. The minimum atomic E-state index is 0.0454. The number of rotatable bonds is 3. The summed E-state index contributed by atoms with van der Waals surface area (Å²) in [4.78, 5) is 23.4. The third-order valence-electron chi connectivity index (χ3n) is 4.98. The van der Waals surface area contributed by atoms with Crippen molar-refractivity contribution in [2.24, 2.45) is 7.05 Å². The summed E-state index contributed by atoms with van der Waals surface area (Å²) in [6.45, 7) is 3.23. The third kappa shape index (κ3) is 3.00. The second-order valence-electron chi connectivity index (χ2n) is 6.66. The van der Waals surface area contributed by atoms with Crippen molar-refractivity contribution in [1.82, 2.24) is 24.6 Å². The van der Waals surface area contributed by atoms with Gasteiger partial charge < -0.3 is 14.0 Å². The summed E-state index contributed by atoms with van der Waals surface area (Å²) in [6, 6.07) is 7.56. The van der Waals surface area contributed by atoms with Gasteiger partial charge in [-0.2, -0.15) is 4.98 Å². The highest BCUT2D eigenvalue weighted by Crippen LogP contribution is 2.29. The van der Waals surface area contributed by atoms with Crippen LogP contribution < -0.4 is 0 Å². The first-order chi connectivity index (χ1) is 12.6. The summed E-state index contributed by atoms with van der Waals surface area (Å²) in [6.07, 6.45) is 5.30. The van der Waals surface area contributed by atoms with E-state index in [0.29, 0.717) is 30.4 Å². The first-order valence-corrected chi connectivity index (χ1v) is 8.79. The van der Waals surface area contributed by atoms with Gasteiger partial charge in [0.1, 0.15) is 0 Å². The molecule has 7 nitrogen and oxygen atoms in total. The van der Waals surface area contributed by atoms with E-state index in [9.17, 15) is 4.79 Å². The summed E-state index contributed by atoms with van der Waals surface area (Å²) in [5.74, 6) is 1.50. The Hall–Kier alpha value is -2.96. The van der Waals surface area contributed by atoms with Gasteiger partial charge in [-0.05, 0) is 44.0 Å². The molecular weight excluding hydrogens is 330 g/mol. The second-order valence-corrected chi connectivity index (χ2v) is 6.66. The molecule has 0 bridgehead atoms. The molecule has 0 spiro atoms. The highest BCUT2D eigenvalue weighted by atomic mass is 16.5. The van der Waals surface area contributed by atoms with Crippen molar-refractivity contribution in [3.63, 3.8) is 0 Å². The zero-order chi connectivity index (χ0) is 18.1. The maximum absolute atomic E-state index is 12.7. The predicted octanol–water partition coefficient (Wildman–Crippen LogP) is 2.80. The third-order valence-corrected chi connectivity index (χ3v) is 4.98. The van der Waals surface area contributed by atoms with Gasteiger partial charge in [0, 0.05) is 44.1 Å². The topological polar surface area (TPSA) is 77.1 Å². The maximum Gasteiger partial charge on any atom is 0.255 e.